The molecular weight excluding hydrogens is 222 g/mol. The van der Waals surface area contributed by atoms with Crippen LogP contribution in [0.25, 0.3) is 0 Å². The van der Waals surface area contributed by atoms with E-state index in [0.29, 0.717) is 17.2 Å². The van der Waals surface area contributed by atoms with Gasteiger partial charge in [0.1, 0.15) is 0 Å². The van der Waals surface area contributed by atoms with Crippen molar-refractivity contribution in [2.75, 3.05) is 35.0 Å². The highest BCUT2D eigenvalue weighted by molar-refractivity contribution is 5.53. The molecule has 0 bridgehead atoms. The summed E-state index contributed by atoms with van der Waals surface area (Å²) in [6.45, 7) is 0.717. The second-order valence-corrected chi connectivity index (χ2v) is 3.38. The monoisotopic (exact) mass is 241 g/mol. The Kier molecular flexibility index (Phi) is 5.59. The highest BCUT2D eigenvalue weighted by Crippen LogP contribution is 2.38. The molecule has 0 saturated carbocycles. The fourth-order valence-electron chi connectivity index (χ4n) is 1.58. The van der Waals surface area contributed by atoms with Crippen molar-refractivity contribution in [2.45, 2.75) is 6.42 Å². The van der Waals surface area contributed by atoms with E-state index in [0.717, 1.165) is 18.5 Å². The number of benzene rings is 1. The summed E-state index contributed by atoms with van der Waals surface area (Å²) in [6.07, 6.45) is 0.810. The Morgan fingerprint density at radius 3 is 1.94 bits per heavy atom. The van der Waals surface area contributed by atoms with Gasteiger partial charge in [-0.2, -0.15) is 0 Å². The highest BCUT2D eigenvalue weighted by atomic mass is 16.6. The molecule has 0 saturated heterocycles. The Morgan fingerprint density at radius 2 is 1.53 bits per heavy atom. The van der Waals surface area contributed by atoms with Crippen LogP contribution in [0.3, 0.4) is 0 Å². The van der Waals surface area contributed by atoms with Crippen LogP contribution in [-0.2, 0) is 11.3 Å². The number of nitrogens with one attached hydrogen (secondary N) is 1. The van der Waals surface area contributed by atoms with Crippen LogP contribution in [-0.4, -0.2) is 35.0 Å². The lowest BCUT2D eigenvalue weighted by Gasteiger charge is -2.14. The maximum Gasteiger partial charge on any atom is 0.203 e. The van der Waals surface area contributed by atoms with Gasteiger partial charge in [-0.3, -0.25) is 0 Å². The third kappa shape index (κ3) is 3.51. The second kappa shape index (κ2) is 6.98. The van der Waals surface area contributed by atoms with Crippen molar-refractivity contribution < 1.29 is 19.0 Å². The zero-order valence-electron chi connectivity index (χ0n) is 10.7. The molecule has 0 aliphatic carbocycles. The van der Waals surface area contributed by atoms with Crippen LogP contribution < -0.4 is 19.7 Å². The summed E-state index contributed by atoms with van der Waals surface area (Å²) in [6, 6.07) is 3.86. The summed E-state index contributed by atoms with van der Waals surface area (Å²) < 4.78 is 15.8. The van der Waals surface area contributed by atoms with E-state index >= 15 is 0 Å². The molecule has 5 heteroatoms. The number of ether oxygens (including phenoxy) is 3. The first-order valence-corrected chi connectivity index (χ1v) is 5.31. The fraction of sp³-hybridized carbons (Fsp3) is 0.500. The van der Waals surface area contributed by atoms with Gasteiger partial charge in [-0.15, -0.1) is 0 Å². The zero-order valence-corrected chi connectivity index (χ0v) is 10.7. The molecule has 1 aromatic carbocycles. The van der Waals surface area contributed by atoms with Gasteiger partial charge in [0.2, 0.25) is 5.75 Å². The molecule has 1 N–H and O–H groups in total. The Morgan fingerprint density at radius 1 is 0.941 bits per heavy atom. The summed E-state index contributed by atoms with van der Waals surface area (Å²) >= 11 is 0. The van der Waals surface area contributed by atoms with E-state index < -0.39 is 0 Å². The molecule has 17 heavy (non-hydrogen) atoms. The Labute approximate surface area is 102 Å². The van der Waals surface area contributed by atoms with E-state index in [2.05, 4.69) is 5.48 Å². The maximum absolute atomic E-state index is 5.27. The fourth-order valence-corrected chi connectivity index (χ4v) is 1.58. The van der Waals surface area contributed by atoms with Crippen molar-refractivity contribution in [1.29, 1.82) is 0 Å². The van der Waals surface area contributed by atoms with Crippen LogP contribution in [0.5, 0.6) is 17.2 Å². The number of hydrogen-bond acceptors (Lipinski definition) is 5. The van der Waals surface area contributed by atoms with E-state index in [9.17, 15) is 0 Å². The van der Waals surface area contributed by atoms with Crippen LogP contribution in [0.15, 0.2) is 12.1 Å². The van der Waals surface area contributed by atoms with Crippen molar-refractivity contribution in [3.63, 3.8) is 0 Å². The Hall–Kier alpha value is -1.46. The van der Waals surface area contributed by atoms with Crippen molar-refractivity contribution in [3.05, 3.63) is 17.7 Å². The lowest BCUT2D eigenvalue weighted by molar-refractivity contribution is 0.0928. The normalized spacial score (nSPS) is 10.1. The van der Waals surface area contributed by atoms with Gasteiger partial charge in [0.25, 0.3) is 0 Å². The molecular formula is C12H19NO4. The van der Waals surface area contributed by atoms with Gasteiger partial charge in [0.15, 0.2) is 11.5 Å². The molecule has 0 fully saturated rings. The van der Waals surface area contributed by atoms with E-state index in [1.807, 2.05) is 12.1 Å². The largest absolute Gasteiger partial charge is 0.493 e. The topological polar surface area (TPSA) is 49.0 Å². The molecule has 0 aliphatic heterocycles. The summed E-state index contributed by atoms with van der Waals surface area (Å²) in [7, 11) is 6.39. The first-order valence-electron chi connectivity index (χ1n) is 5.31. The molecule has 0 aliphatic rings. The van der Waals surface area contributed by atoms with Crippen molar-refractivity contribution in [1.82, 2.24) is 5.48 Å². The van der Waals surface area contributed by atoms with Gasteiger partial charge < -0.3 is 19.0 Å². The van der Waals surface area contributed by atoms with Crippen LogP contribution in [0, 0.1) is 0 Å². The smallest absolute Gasteiger partial charge is 0.203 e. The number of hydrogen-bond donors (Lipinski definition) is 1. The minimum absolute atomic E-state index is 0.610. The average molecular weight is 241 g/mol. The molecule has 0 spiro atoms. The molecule has 0 amide bonds. The van der Waals surface area contributed by atoms with Crippen molar-refractivity contribution >= 4 is 0 Å². The summed E-state index contributed by atoms with van der Waals surface area (Å²) in [5.74, 6) is 1.94. The minimum Gasteiger partial charge on any atom is -0.493 e. The Bertz CT molecular complexity index is 329. The molecule has 1 aromatic rings. The predicted molar refractivity (Wildman–Crippen MR) is 64.8 cm³/mol. The van der Waals surface area contributed by atoms with E-state index in [1.54, 1.807) is 28.4 Å². The summed E-state index contributed by atoms with van der Waals surface area (Å²) in [5, 5.41) is 0. The predicted octanol–water partition coefficient (Wildman–Crippen LogP) is 1.41. The minimum atomic E-state index is 0.610. The first kappa shape index (κ1) is 13.6. The van der Waals surface area contributed by atoms with Crippen LogP contribution in [0.1, 0.15) is 5.56 Å². The molecule has 5 nitrogen and oxygen atoms in total. The third-order valence-electron chi connectivity index (χ3n) is 2.38. The molecule has 0 unspecified atom stereocenters. The molecule has 1 rings (SSSR count). The SMILES string of the molecule is CONCCc1cc(OC)c(OC)c(OC)c1. The van der Waals surface area contributed by atoms with E-state index in [1.165, 1.54) is 0 Å². The van der Waals surface area contributed by atoms with E-state index in [-0.39, 0.29) is 0 Å². The van der Waals surface area contributed by atoms with Crippen LogP contribution in [0.2, 0.25) is 0 Å². The standard InChI is InChI=1S/C12H19NO4/c1-14-10-7-9(5-6-13-17-4)8-11(15-2)12(10)16-3/h7-8,13H,5-6H2,1-4H3. The Balaban J connectivity index is 2.92. The van der Waals surface area contributed by atoms with Gasteiger partial charge in [0, 0.05) is 6.54 Å². The number of methoxy groups -OCH3 is 3. The average Bonchev–Trinajstić information content (AvgIpc) is 2.37. The third-order valence-corrected chi connectivity index (χ3v) is 2.38. The first-order chi connectivity index (χ1) is 8.26. The lowest BCUT2D eigenvalue weighted by Crippen LogP contribution is -2.15. The highest BCUT2D eigenvalue weighted by Gasteiger charge is 2.12. The second-order valence-electron chi connectivity index (χ2n) is 3.38. The van der Waals surface area contributed by atoms with Gasteiger partial charge in [-0.25, -0.2) is 5.48 Å². The molecule has 0 aromatic heterocycles. The molecule has 96 valence electrons. The van der Waals surface area contributed by atoms with Crippen molar-refractivity contribution in [3.8, 4) is 17.2 Å². The quantitative estimate of drug-likeness (QED) is 0.577. The number of rotatable bonds is 7. The zero-order chi connectivity index (χ0) is 12.7. The molecule has 0 heterocycles. The number of hydroxylamine groups is 1. The molecule has 0 radical (unpaired) electrons. The van der Waals surface area contributed by atoms with Gasteiger partial charge in [-0.1, -0.05) is 0 Å². The van der Waals surface area contributed by atoms with Gasteiger partial charge >= 0.3 is 0 Å². The van der Waals surface area contributed by atoms with E-state index in [4.69, 9.17) is 19.0 Å². The maximum atomic E-state index is 5.27. The molecule has 0 atom stereocenters. The van der Waals surface area contributed by atoms with Crippen LogP contribution >= 0.6 is 0 Å². The van der Waals surface area contributed by atoms with Gasteiger partial charge in [0.05, 0.1) is 28.4 Å². The van der Waals surface area contributed by atoms with Crippen LogP contribution in [0.4, 0.5) is 0 Å². The summed E-state index contributed by atoms with van der Waals surface area (Å²) in [4.78, 5) is 4.78. The van der Waals surface area contributed by atoms with Crippen molar-refractivity contribution in [2.24, 2.45) is 0 Å². The lowest BCUT2D eigenvalue weighted by atomic mass is 10.1. The summed E-state index contributed by atoms with van der Waals surface area (Å²) in [5.41, 5.74) is 3.87. The van der Waals surface area contributed by atoms with Gasteiger partial charge in [-0.05, 0) is 24.1 Å².